The third-order valence-corrected chi connectivity index (χ3v) is 4.27. The van der Waals surface area contributed by atoms with Crippen molar-refractivity contribution in [3.63, 3.8) is 0 Å². The van der Waals surface area contributed by atoms with Gasteiger partial charge in [-0.05, 0) is 31.0 Å². The molecule has 1 saturated carbocycles. The van der Waals surface area contributed by atoms with Crippen molar-refractivity contribution in [3.05, 3.63) is 36.5 Å². The van der Waals surface area contributed by atoms with Gasteiger partial charge in [0.15, 0.2) is 9.84 Å². The summed E-state index contributed by atoms with van der Waals surface area (Å²) < 4.78 is 22.9. The lowest BCUT2D eigenvalue weighted by Crippen LogP contribution is -2.05. The second-order valence-electron chi connectivity index (χ2n) is 4.98. The number of anilines is 1. The molecular formula is C14H15N3O2S. The highest BCUT2D eigenvalue weighted by Gasteiger charge is 2.21. The Hall–Kier alpha value is -1.95. The van der Waals surface area contributed by atoms with Gasteiger partial charge < -0.3 is 5.32 Å². The Morgan fingerprint density at radius 1 is 1.15 bits per heavy atom. The van der Waals surface area contributed by atoms with Crippen LogP contribution in [0.15, 0.2) is 41.4 Å². The maximum Gasteiger partial charge on any atom is 0.223 e. The first-order chi connectivity index (χ1) is 9.52. The molecule has 1 aliphatic rings. The van der Waals surface area contributed by atoms with Crippen molar-refractivity contribution < 1.29 is 8.42 Å². The van der Waals surface area contributed by atoms with Gasteiger partial charge in [-0.3, -0.25) is 0 Å². The largest absolute Gasteiger partial charge is 0.351 e. The Balaban J connectivity index is 1.88. The van der Waals surface area contributed by atoms with Crippen LogP contribution in [0.4, 0.5) is 5.95 Å². The summed E-state index contributed by atoms with van der Waals surface area (Å²) in [6.45, 7) is 0. The van der Waals surface area contributed by atoms with Gasteiger partial charge >= 0.3 is 0 Å². The Morgan fingerprint density at radius 3 is 2.45 bits per heavy atom. The lowest BCUT2D eigenvalue weighted by atomic mass is 10.1. The third kappa shape index (κ3) is 2.96. The molecule has 0 saturated heterocycles. The first kappa shape index (κ1) is 13.1. The first-order valence-electron chi connectivity index (χ1n) is 6.42. The third-order valence-electron chi connectivity index (χ3n) is 3.14. The van der Waals surface area contributed by atoms with Crippen LogP contribution in [0, 0.1) is 0 Å². The van der Waals surface area contributed by atoms with E-state index < -0.39 is 9.84 Å². The molecule has 5 nitrogen and oxygen atoms in total. The minimum absolute atomic E-state index is 0.312. The number of nitrogens with one attached hydrogen (secondary N) is 1. The molecule has 1 fully saturated rings. The second-order valence-corrected chi connectivity index (χ2v) is 7.00. The molecule has 0 bridgehead atoms. The van der Waals surface area contributed by atoms with Crippen molar-refractivity contribution in [1.29, 1.82) is 0 Å². The van der Waals surface area contributed by atoms with Crippen LogP contribution in [-0.4, -0.2) is 30.7 Å². The highest BCUT2D eigenvalue weighted by Crippen LogP contribution is 2.24. The zero-order chi connectivity index (χ0) is 14.2. The van der Waals surface area contributed by atoms with E-state index in [9.17, 15) is 8.42 Å². The van der Waals surface area contributed by atoms with Gasteiger partial charge in [0, 0.05) is 24.1 Å². The van der Waals surface area contributed by atoms with E-state index in [1.165, 1.54) is 6.26 Å². The topological polar surface area (TPSA) is 72.0 Å². The smallest absolute Gasteiger partial charge is 0.223 e. The number of hydrogen-bond donors (Lipinski definition) is 1. The number of hydrogen-bond acceptors (Lipinski definition) is 5. The van der Waals surface area contributed by atoms with Gasteiger partial charge in [-0.2, -0.15) is 0 Å². The summed E-state index contributed by atoms with van der Waals surface area (Å²) >= 11 is 0. The van der Waals surface area contributed by atoms with Crippen molar-refractivity contribution in [1.82, 2.24) is 9.97 Å². The summed E-state index contributed by atoms with van der Waals surface area (Å²) in [5.41, 5.74) is 1.65. The predicted octanol–water partition coefficient (Wildman–Crippen LogP) is 2.12. The van der Waals surface area contributed by atoms with Crippen LogP contribution in [0.3, 0.4) is 0 Å². The molecule has 1 N–H and O–H groups in total. The van der Waals surface area contributed by atoms with E-state index in [1.807, 2.05) is 6.07 Å². The summed E-state index contributed by atoms with van der Waals surface area (Å²) in [7, 11) is -3.16. The fourth-order valence-electron chi connectivity index (χ4n) is 1.87. The molecule has 0 amide bonds. The Labute approximate surface area is 118 Å². The quantitative estimate of drug-likeness (QED) is 0.933. The van der Waals surface area contributed by atoms with Gasteiger partial charge in [-0.1, -0.05) is 12.1 Å². The SMILES string of the molecule is CS(=O)(=O)c1ccc(-c2ccnc(NC3CC3)n2)cc1. The normalized spacial score (nSPS) is 15.1. The van der Waals surface area contributed by atoms with Gasteiger partial charge in [0.2, 0.25) is 5.95 Å². The average molecular weight is 289 g/mol. The average Bonchev–Trinajstić information content (AvgIpc) is 3.22. The fraction of sp³-hybridized carbons (Fsp3) is 0.286. The zero-order valence-corrected chi connectivity index (χ0v) is 11.9. The molecule has 20 heavy (non-hydrogen) atoms. The summed E-state index contributed by atoms with van der Waals surface area (Å²) in [4.78, 5) is 8.94. The van der Waals surface area contributed by atoms with Crippen molar-refractivity contribution >= 4 is 15.8 Å². The first-order valence-corrected chi connectivity index (χ1v) is 8.31. The number of rotatable bonds is 4. The molecule has 3 rings (SSSR count). The van der Waals surface area contributed by atoms with E-state index >= 15 is 0 Å². The van der Waals surface area contributed by atoms with Crippen LogP contribution in [0.5, 0.6) is 0 Å². The minimum atomic E-state index is -3.16. The second kappa shape index (κ2) is 4.86. The number of aromatic nitrogens is 2. The predicted molar refractivity (Wildman–Crippen MR) is 77.2 cm³/mol. The van der Waals surface area contributed by atoms with Gasteiger partial charge in [0.25, 0.3) is 0 Å². The monoisotopic (exact) mass is 289 g/mol. The molecule has 2 aromatic rings. The van der Waals surface area contributed by atoms with Crippen LogP contribution in [-0.2, 0) is 9.84 Å². The van der Waals surface area contributed by atoms with Gasteiger partial charge in [0.05, 0.1) is 10.6 Å². The highest BCUT2D eigenvalue weighted by atomic mass is 32.2. The molecule has 1 aromatic carbocycles. The molecule has 1 aromatic heterocycles. The maximum absolute atomic E-state index is 11.4. The molecule has 1 heterocycles. The van der Waals surface area contributed by atoms with E-state index in [0.717, 1.165) is 24.1 Å². The lowest BCUT2D eigenvalue weighted by molar-refractivity contribution is 0.602. The zero-order valence-electron chi connectivity index (χ0n) is 11.1. The van der Waals surface area contributed by atoms with E-state index in [0.29, 0.717) is 16.9 Å². The molecule has 0 unspecified atom stereocenters. The molecular weight excluding hydrogens is 274 g/mol. The minimum Gasteiger partial charge on any atom is -0.351 e. The number of sulfone groups is 1. The van der Waals surface area contributed by atoms with Crippen molar-refractivity contribution in [2.75, 3.05) is 11.6 Å². The molecule has 0 radical (unpaired) electrons. The Morgan fingerprint density at radius 2 is 1.85 bits per heavy atom. The molecule has 104 valence electrons. The molecule has 0 aliphatic heterocycles. The summed E-state index contributed by atoms with van der Waals surface area (Å²) in [6, 6.07) is 9.03. The summed E-state index contributed by atoms with van der Waals surface area (Å²) in [5.74, 6) is 0.622. The highest BCUT2D eigenvalue weighted by molar-refractivity contribution is 7.90. The number of nitrogens with zero attached hydrogens (tertiary/aromatic N) is 2. The van der Waals surface area contributed by atoms with Crippen molar-refractivity contribution in [2.24, 2.45) is 0 Å². The summed E-state index contributed by atoms with van der Waals surface area (Å²) in [5, 5.41) is 3.24. The van der Waals surface area contributed by atoms with Gasteiger partial charge in [-0.15, -0.1) is 0 Å². The van der Waals surface area contributed by atoms with E-state index in [2.05, 4.69) is 15.3 Å². The van der Waals surface area contributed by atoms with Gasteiger partial charge in [0.1, 0.15) is 0 Å². The molecule has 6 heteroatoms. The van der Waals surface area contributed by atoms with E-state index in [-0.39, 0.29) is 0 Å². The summed E-state index contributed by atoms with van der Waals surface area (Å²) in [6.07, 6.45) is 5.23. The Kier molecular flexibility index (Phi) is 3.17. The van der Waals surface area contributed by atoms with Crippen LogP contribution >= 0.6 is 0 Å². The lowest BCUT2D eigenvalue weighted by Gasteiger charge is -2.06. The Bertz CT molecular complexity index is 722. The molecule has 0 spiro atoms. The molecule has 1 aliphatic carbocycles. The van der Waals surface area contributed by atoms with Gasteiger partial charge in [-0.25, -0.2) is 18.4 Å². The fourth-order valence-corrected chi connectivity index (χ4v) is 2.50. The van der Waals surface area contributed by atoms with Crippen molar-refractivity contribution in [3.8, 4) is 11.3 Å². The molecule has 0 atom stereocenters. The van der Waals surface area contributed by atoms with E-state index in [4.69, 9.17) is 0 Å². The standard InChI is InChI=1S/C14H15N3O2S/c1-20(18,19)12-6-2-10(3-7-12)13-8-9-15-14(17-13)16-11-4-5-11/h2-3,6-9,11H,4-5H2,1H3,(H,15,16,17). The van der Waals surface area contributed by atoms with Crippen LogP contribution in [0.1, 0.15) is 12.8 Å². The van der Waals surface area contributed by atoms with E-state index in [1.54, 1.807) is 30.5 Å². The van der Waals surface area contributed by atoms with Crippen molar-refractivity contribution in [2.45, 2.75) is 23.8 Å². The maximum atomic E-state index is 11.4. The van der Waals surface area contributed by atoms with Crippen LogP contribution in [0.2, 0.25) is 0 Å². The van der Waals surface area contributed by atoms with Crippen LogP contribution < -0.4 is 5.32 Å². The number of benzene rings is 1. The van der Waals surface area contributed by atoms with Crippen LogP contribution in [0.25, 0.3) is 11.3 Å².